The standard InChI is InChI=1S/C17H26N4/c1-3-7-17(8-11-18-12-9-17)16-20-14-6-5-10-19-15(14)21(16)13-4-2/h5-6,10,18H,3-4,7-9,11-13H2,1-2H3. The molecule has 1 aliphatic heterocycles. The lowest BCUT2D eigenvalue weighted by atomic mass is 9.74. The van der Waals surface area contributed by atoms with Gasteiger partial charge >= 0.3 is 0 Å². The smallest absolute Gasteiger partial charge is 0.159 e. The summed E-state index contributed by atoms with van der Waals surface area (Å²) in [6.07, 6.45) is 7.82. The van der Waals surface area contributed by atoms with Gasteiger partial charge in [-0.15, -0.1) is 0 Å². The number of rotatable bonds is 5. The molecular formula is C17H26N4. The minimum absolute atomic E-state index is 0.232. The first-order valence-electron chi connectivity index (χ1n) is 8.33. The van der Waals surface area contributed by atoms with E-state index in [9.17, 15) is 0 Å². The Morgan fingerprint density at radius 1 is 1.24 bits per heavy atom. The molecule has 4 nitrogen and oxygen atoms in total. The van der Waals surface area contributed by atoms with E-state index >= 15 is 0 Å². The van der Waals surface area contributed by atoms with Crippen molar-refractivity contribution in [1.29, 1.82) is 0 Å². The Bertz CT molecular complexity index is 590. The molecule has 0 aliphatic carbocycles. The predicted molar refractivity (Wildman–Crippen MR) is 86.5 cm³/mol. The number of nitrogens with zero attached hydrogens (tertiary/aromatic N) is 3. The van der Waals surface area contributed by atoms with E-state index in [1.807, 2.05) is 12.3 Å². The Balaban J connectivity index is 2.13. The van der Waals surface area contributed by atoms with Crippen LogP contribution in [0.15, 0.2) is 18.3 Å². The topological polar surface area (TPSA) is 42.7 Å². The van der Waals surface area contributed by atoms with Crippen LogP contribution in [0, 0.1) is 0 Å². The Morgan fingerprint density at radius 3 is 2.76 bits per heavy atom. The van der Waals surface area contributed by atoms with Crippen LogP contribution >= 0.6 is 0 Å². The van der Waals surface area contributed by atoms with E-state index in [0.717, 1.165) is 37.2 Å². The van der Waals surface area contributed by atoms with Crippen LogP contribution < -0.4 is 5.32 Å². The normalized spacial score (nSPS) is 18.2. The van der Waals surface area contributed by atoms with Gasteiger partial charge in [0.1, 0.15) is 11.3 Å². The second kappa shape index (κ2) is 6.14. The number of piperidine rings is 1. The average Bonchev–Trinajstić information content (AvgIpc) is 2.89. The summed E-state index contributed by atoms with van der Waals surface area (Å²) in [5.74, 6) is 1.28. The van der Waals surface area contributed by atoms with Gasteiger partial charge in [0.2, 0.25) is 0 Å². The summed E-state index contributed by atoms with van der Waals surface area (Å²) in [6, 6.07) is 4.09. The van der Waals surface area contributed by atoms with Gasteiger partial charge < -0.3 is 9.88 Å². The van der Waals surface area contributed by atoms with Crippen molar-refractivity contribution >= 4 is 11.2 Å². The van der Waals surface area contributed by atoms with E-state index < -0.39 is 0 Å². The summed E-state index contributed by atoms with van der Waals surface area (Å²) in [7, 11) is 0. The van der Waals surface area contributed by atoms with Gasteiger partial charge in [-0.1, -0.05) is 20.3 Å². The van der Waals surface area contributed by atoms with Crippen LogP contribution in [-0.2, 0) is 12.0 Å². The summed E-state index contributed by atoms with van der Waals surface area (Å²) in [4.78, 5) is 9.61. The van der Waals surface area contributed by atoms with Crippen LogP contribution in [0.1, 0.15) is 51.8 Å². The molecule has 0 bridgehead atoms. The molecule has 1 fully saturated rings. The lowest BCUT2D eigenvalue weighted by Gasteiger charge is -2.37. The largest absolute Gasteiger partial charge is 0.317 e. The molecule has 1 aliphatic rings. The molecule has 3 rings (SSSR count). The van der Waals surface area contributed by atoms with Gasteiger partial charge in [-0.05, 0) is 50.9 Å². The van der Waals surface area contributed by atoms with Gasteiger partial charge in [0.15, 0.2) is 5.65 Å². The first-order valence-corrected chi connectivity index (χ1v) is 8.33. The number of hydrogen-bond donors (Lipinski definition) is 1. The van der Waals surface area contributed by atoms with Gasteiger partial charge in [0, 0.05) is 18.2 Å². The molecule has 2 aromatic heterocycles. The molecule has 21 heavy (non-hydrogen) atoms. The first-order chi connectivity index (χ1) is 10.3. The molecule has 4 heteroatoms. The monoisotopic (exact) mass is 286 g/mol. The highest BCUT2D eigenvalue weighted by Crippen LogP contribution is 2.38. The molecule has 0 unspecified atom stereocenters. The number of nitrogens with one attached hydrogen (secondary N) is 1. The zero-order valence-corrected chi connectivity index (χ0v) is 13.2. The van der Waals surface area contributed by atoms with Crippen LogP contribution in [0.5, 0.6) is 0 Å². The summed E-state index contributed by atoms with van der Waals surface area (Å²) < 4.78 is 2.39. The highest BCUT2D eigenvalue weighted by Gasteiger charge is 2.37. The Morgan fingerprint density at radius 2 is 2.05 bits per heavy atom. The highest BCUT2D eigenvalue weighted by atomic mass is 15.1. The number of pyridine rings is 1. The molecule has 1 saturated heterocycles. The van der Waals surface area contributed by atoms with E-state index in [0.29, 0.717) is 0 Å². The van der Waals surface area contributed by atoms with Crippen molar-refractivity contribution in [3.8, 4) is 0 Å². The lowest BCUT2D eigenvalue weighted by molar-refractivity contribution is 0.262. The zero-order chi connectivity index (χ0) is 14.7. The van der Waals surface area contributed by atoms with Gasteiger partial charge in [-0.25, -0.2) is 9.97 Å². The summed E-state index contributed by atoms with van der Waals surface area (Å²) >= 11 is 0. The van der Waals surface area contributed by atoms with E-state index in [2.05, 4.69) is 34.8 Å². The second-order valence-corrected chi connectivity index (χ2v) is 6.21. The van der Waals surface area contributed by atoms with Crippen molar-refractivity contribution in [3.63, 3.8) is 0 Å². The van der Waals surface area contributed by atoms with E-state index in [1.54, 1.807) is 0 Å². The summed E-state index contributed by atoms with van der Waals surface area (Å²) in [6.45, 7) is 7.73. The van der Waals surface area contributed by atoms with Crippen molar-refractivity contribution in [2.75, 3.05) is 13.1 Å². The van der Waals surface area contributed by atoms with Crippen molar-refractivity contribution in [2.24, 2.45) is 0 Å². The van der Waals surface area contributed by atoms with Crippen LogP contribution in [0.2, 0.25) is 0 Å². The molecule has 114 valence electrons. The third kappa shape index (κ3) is 2.57. The number of hydrogen-bond acceptors (Lipinski definition) is 3. The van der Waals surface area contributed by atoms with E-state index in [4.69, 9.17) is 4.98 Å². The Hall–Kier alpha value is -1.42. The molecule has 3 heterocycles. The third-order valence-electron chi connectivity index (χ3n) is 4.71. The SMILES string of the molecule is CCCn1c(C2(CCC)CCNCC2)nc2cccnc21. The maximum absolute atomic E-state index is 5.02. The second-order valence-electron chi connectivity index (χ2n) is 6.21. The van der Waals surface area contributed by atoms with Crippen molar-refractivity contribution < 1.29 is 0 Å². The van der Waals surface area contributed by atoms with E-state index in [1.165, 1.54) is 31.5 Å². The molecule has 0 aromatic carbocycles. The first kappa shape index (κ1) is 14.5. The van der Waals surface area contributed by atoms with Crippen LogP contribution in [0.3, 0.4) is 0 Å². The van der Waals surface area contributed by atoms with Crippen LogP contribution in [0.25, 0.3) is 11.2 Å². The van der Waals surface area contributed by atoms with Gasteiger partial charge in [-0.3, -0.25) is 0 Å². The minimum atomic E-state index is 0.232. The average molecular weight is 286 g/mol. The molecular weight excluding hydrogens is 260 g/mol. The van der Waals surface area contributed by atoms with Crippen LogP contribution in [-0.4, -0.2) is 27.6 Å². The number of aryl methyl sites for hydroxylation is 1. The maximum Gasteiger partial charge on any atom is 0.159 e. The fraction of sp³-hybridized carbons (Fsp3) is 0.647. The summed E-state index contributed by atoms with van der Waals surface area (Å²) in [5.41, 5.74) is 2.34. The maximum atomic E-state index is 5.02. The number of imidazole rings is 1. The Kier molecular flexibility index (Phi) is 4.24. The molecule has 0 amide bonds. The fourth-order valence-corrected chi connectivity index (χ4v) is 3.77. The molecule has 2 aromatic rings. The number of aromatic nitrogens is 3. The van der Waals surface area contributed by atoms with Gasteiger partial charge in [0.25, 0.3) is 0 Å². The quantitative estimate of drug-likeness (QED) is 0.917. The summed E-state index contributed by atoms with van der Waals surface area (Å²) in [5, 5.41) is 3.50. The zero-order valence-electron chi connectivity index (χ0n) is 13.2. The molecule has 0 spiro atoms. The third-order valence-corrected chi connectivity index (χ3v) is 4.71. The van der Waals surface area contributed by atoms with Crippen molar-refractivity contribution in [1.82, 2.24) is 19.9 Å². The van der Waals surface area contributed by atoms with Crippen molar-refractivity contribution in [3.05, 3.63) is 24.2 Å². The molecule has 1 N–H and O–H groups in total. The lowest BCUT2D eigenvalue weighted by Crippen LogP contribution is -2.41. The van der Waals surface area contributed by atoms with Crippen molar-refractivity contribution in [2.45, 2.75) is 57.9 Å². The van der Waals surface area contributed by atoms with E-state index in [-0.39, 0.29) is 5.41 Å². The fourth-order valence-electron chi connectivity index (χ4n) is 3.77. The highest BCUT2D eigenvalue weighted by molar-refractivity contribution is 5.71. The van der Waals surface area contributed by atoms with Gasteiger partial charge in [0.05, 0.1) is 0 Å². The molecule has 0 radical (unpaired) electrons. The predicted octanol–water partition coefficient (Wildman–Crippen LogP) is 3.26. The minimum Gasteiger partial charge on any atom is -0.317 e. The molecule has 0 atom stereocenters. The Labute approximate surface area is 127 Å². The number of fused-ring (bicyclic) bond motifs is 1. The van der Waals surface area contributed by atoms with Crippen LogP contribution in [0.4, 0.5) is 0 Å². The molecule has 0 saturated carbocycles. The van der Waals surface area contributed by atoms with Gasteiger partial charge in [-0.2, -0.15) is 0 Å².